The lowest BCUT2D eigenvalue weighted by Gasteiger charge is -2.09. The summed E-state index contributed by atoms with van der Waals surface area (Å²) in [5.74, 6) is 0. The monoisotopic (exact) mass is 418 g/mol. The standard InChI is InChI=1S/C18H15ClN4O2S2/c1-12-22-23-15(11-20-27(24,25)16-10-6-5-9-14(16)19)17(21-18(23)26-12)13-7-3-2-4-8-13/h2-10,20H,11H2,1H3. The summed E-state index contributed by atoms with van der Waals surface area (Å²) in [5, 5.41) is 5.49. The Morgan fingerprint density at radius 1 is 1.11 bits per heavy atom. The van der Waals surface area contributed by atoms with E-state index in [0.29, 0.717) is 11.4 Å². The van der Waals surface area contributed by atoms with Crippen molar-refractivity contribution in [3.05, 3.63) is 70.3 Å². The second kappa shape index (κ2) is 7.05. The van der Waals surface area contributed by atoms with E-state index in [0.717, 1.165) is 15.5 Å². The molecule has 0 saturated carbocycles. The molecule has 2 heterocycles. The van der Waals surface area contributed by atoms with Crippen LogP contribution in [0, 0.1) is 6.92 Å². The molecule has 6 nitrogen and oxygen atoms in total. The molecule has 2 aromatic heterocycles. The van der Waals surface area contributed by atoms with Gasteiger partial charge < -0.3 is 0 Å². The first kappa shape index (κ1) is 18.1. The predicted molar refractivity (Wildman–Crippen MR) is 107 cm³/mol. The normalized spacial score (nSPS) is 11.9. The Kier molecular flexibility index (Phi) is 4.73. The van der Waals surface area contributed by atoms with E-state index in [1.807, 2.05) is 37.3 Å². The van der Waals surface area contributed by atoms with Gasteiger partial charge in [-0.15, -0.1) is 0 Å². The smallest absolute Gasteiger partial charge is 0.217 e. The third-order valence-electron chi connectivity index (χ3n) is 4.00. The first-order valence-corrected chi connectivity index (χ1v) is 10.8. The summed E-state index contributed by atoms with van der Waals surface area (Å²) in [4.78, 5) is 5.42. The molecule has 0 atom stereocenters. The van der Waals surface area contributed by atoms with Gasteiger partial charge in [0.25, 0.3) is 0 Å². The van der Waals surface area contributed by atoms with Gasteiger partial charge in [0.05, 0.1) is 23.0 Å². The lowest BCUT2D eigenvalue weighted by molar-refractivity contribution is 0.580. The first-order valence-electron chi connectivity index (χ1n) is 8.10. The van der Waals surface area contributed by atoms with E-state index < -0.39 is 10.0 Å². The van der Waals surface area contributed by atoms with E-state index in [4.69, 9.17) is 11.6 Å². The summed E-state index contributed by atoms with van der Waals surface area (Å²) in [6.45, 7) is 1.93. The Balaban J connectivity index is 1.74. The van der Waals surface area contributed by atoms with Gasteiger partial charge in [0.2, 0.25) is 15.0 Å². The number of nitrogens with zero attached hydrogens (tertiary/aromatic N) is 3. The van der Waals surface area contributed by atoms with Crippen LogP contribution in [0.5, 0.6) is 0 Å². The third kappa shape index (κ3) is 3.49. The molecule has 2 aromatic carbocycles. The molecule has 0 unspecified atom stereocenters. The molecular formula is C18H15ClN4O2S2. The van der Waals surface area contributed by atoms with Crippen LogP contribution in [0.4, 0.5) is 0 Å². The van der Waals surface area contributed by atoms with E-state index >= 15 is 0 Å². The van der Waals surface area contributed by atoms with Crippen LogP contribution < -0.4 is 4.72 Å². The molecule has 0 aliphatic rings. The molecular weight excluding hydrogens is 404 g/mol. The summed E-state index contributed by atoms with van der Waals surface area (Å²) in [6.07, 6.45) is 0. The van der Waals surface area contributed by atoms with Crippen molar-refractivity contribution in [2.75, 3.05) is 0 Å². The topological polar surface area (TPSA) is 76.4 Å². The molecule has 0 saturated heterocycles. The number of imidazole rings is 1. The van der Waals surface area contributed by atoms with E-state index in [1.165, 1.54) is 17.4 Å². The zero-order valence-corrected chi connectivity index (χ0v) is 16.6. The second-order valence-electron chi connectivity index (χ2n) is 5.84. The lowest BCUT2D eigenvalue weighted by Crippen LogP contribution is -2.24. The van der Waals surface area contributed by atoms with E-state index in [-0.39, 0.29) is 16.5 Å². The number of nitrogens with one attached hydrogen (secondary N) is 1. The summed E-state index contributed by atoms with van der Waals surface area (Å²) < 4.78 is 29.7. The van der Waals surface area contributed by atoms with Gasteiger partial charge in [-0.25, -0.2) is 22.6 Å². The Labute approximate surface area is 165 Å². The number of halogens is 1. The van der Waals surface area contributed by atoms with Crippen molar-refractivity contribution in [2.24, 2.45) is 0 Å². The number of fused-ring (bicyclic) bond motifs is 1. The van der Waals surface area contributed by atoms with Crippen LogP contribution in [0.25, 0.3) is 16.2 Å². The largest absolute Gasteiger partial charge is 0.242 e. The highest BCUT2D eigenvalue weighted by atomic mass is 35.5. The van der Waals surface area contributed by atoms with Crippen molar-refractivity contribution in [3.8, 4) is 11.3 Å². The molecule has 0 radical (unpaired) electrons. The van der Waals surface area contributed by atoms with Gasteiger partial charge in [-0.2, -0.15) is 5.10 Å². The Bertz CT molecular complexity index is 1220. The minimum absolute atomic E-state index is 0.0438. The van der Waals surface area contributed by atoms with Crippen LogP contribution in [-0.4, -0.2) is 23.0 Å². The summed E-state index contributed by atoms with van der Waals surface area (Å²) in [7, 11) is -3.78. The minimum atomic E-state index is -3.78. The number of sulfonamides is 1. The van der Waals surface area contributed by atoms with Crippen LogP contribution in [0.3, 0.4) is 0 Å². The number of hydrogen-bond donors (Lipinski definition) is 1. The van der Waals surface area contributed by atoms with E-state index in [2.05, 4.69) is 14.8 Å². The average molecular weight is 419 g/mol. The van der Waals surface area contributed by atoms with Crippen LogP contribution in [-0.2, 0) is 16.6 Å². The van der Waals surface area contributed by atoms with E-state index in [9.17, 15) is 8.42 Å². The fraction of sp³-hybridized carbons (Fsp3) is 0.111. The Hall–Kier alpha value is -2.26. The van der Waals surface area contributed by atoms with Gasteiger partial charge in [0.1, 0.15) is 9.90 Å². The molecule has 4 rings (SSSR count). The van der Waals surface area contributed by atoms with Gasteiger partial charge in [-0.05, 0) is 19.1 Å². The fourth-order valence-electron chi connectivity index (χ4n) is 2.78. The summed E-state index contributed by atoms with van der Waals surface area (Å²) in [6, 6.07) is 16.0. The average Bonchev–Trinajstić information content (AvgIpc) is 3.17. The molecule has 27 heavy (non-hydrogen) atoms. The maximum absolute atomic E-state index is 12.7. The number of aromatic nitrogens is 3. The van der Waals surface area contributed by atoms with Gasteiger partial charge in [0.15, 0.2) is 0 Å². The highest BCUT2D eigenvalue weighted by Crippen LogP contribution is 2.27. The zero-order valence-electron chi connectivity index (χ0n) is 14.3. The molecule has 0 spiro atoms. The predicted octanol–water partition coefficient (Wildman–Crippen LogP) is 3.90. The number of benzene rings is 2. The minimum Gasteiger partial charge on any atom is -0.217 e. The lowest BCUT2D eigenvalue weighted by atomic mass is 10.1. The Morgan fingerprint density at radius 3 is 2.56 bits per heavy atom. The first-order chi connectivity index (χ1) is 13.0. The van der Waals surface area contributed by atoms with Crippen LogP contribution in [0.2, 0.25) is 5.02 Å². The maximum atomic E-state index is 12.7. The molecule has 0 aliphatic carbocycles. The van der Waals surface area contributed by atoms with Gasteiger partial charge in [-0.3, -0.25) is 0 Å². The number of aryl methyl sites for hydroxylation is 1. The molecule has 0 fully saturated rings. The van der Waals surface area contributed by atoms with Crippen LogP contribution in [0.1, 0.15) is 10.7 Å². The highest BCUT2D eigenvalue weighted by molar-refractivity contribution is 7.89. The maximum Gasteiger partial charge on any atom is 0.242 e. The summed E-state index contributed by atoms with van der Waals surface area (Å²) >= 11 is 7.50. The van der Waals surface area contributed by atoms with Crippen molar-refractivity contribution in [1.82, 2.24) is 19.3 Å². The number of hydrogen-bond acceptors (Lipinski definition) is 5. The molecule has 0 amide bonds. The van der Waals surface area contributed by atoms with Crippen molar-refractivity contribution in [1.29, 1.82) is 0 Å². The molecule has 138 valence electrons. The van der Waals surface area contributed by atoms with Crippen LogP contribution in [0.15, 0.2) is 59.5 Å². The summed E-state index contributed by atoms with van der Waals surface area (Å²) in [5.41, 5.74) is 2.28. The molecule has 9 heteroatoms. The van der Waals surface area contributed by atoms with E-state index in [1.54, 1.807) is 22.7 Å². The Morgan fingerprint density at radius 2 is 1.81 bits per heavy atom. The molecule has 0 bridgehead atoms. The van der Waals surface area contributed by atoms with Crippen molar-refractivity contribution < 1.29 is 8.42 Å². The van der Waals surface area contributed by atoms with Crippen molar-refractivity contribution >= 4 is 37.9 Å². The third-order valence-corrected chi connectivity index (χ3v) is 6.73. The fourth-order valence-corrected chi connectivity index (χ4v) is 5.04. The van der Waals surface area contributed by atoms with Gasteiger partial charge >= 0.3 is 0 Å². The number of rotatable bonds is 5. The molecule has 1 N–H and O–H groups in total. The quantitative estimate of drug-likeness (QED) is 0.533. The molecule has 4 aromatic rings. The van der Waals surface area contributed by atoms with Crippen LogP contribution >= 0.6 is 22.9 Å². The highest BCUT2D eigenvalue weighted by Gasteiger charge is 2.21. The molecule has 0 aliphatic heterocycles. The second-order valence-corrected chi connectivity index (χ2v) is 9.15. The SMILES string of the molecule is Cc1nn2c(CNS(=O)(=O)c3ccccc3Cl)c(-c3ccccc3)nc2s1. The zero-order chi connectivity index (χ0) is 19.0. The van der Waals surface area contributed by atoms with Gasteiger partial charge in [-0.1, -0.05) is 65.4 Å². The van der Waals surface area contributed by atoms with Crippen molar-refractivity contribution in [2.45, 2.75) is 18.4 Å². The van der Waals surface area contributed by atoms with Crippen molar-refractivity contribution in [3.63, 3.8) is 0 Å². The van der Waals surface area contributed by atoms with Gasteiger partial charge in [0, 0.05) is 5.56 Å².